The van der Waals surface area contributed by atoms with E-state index in [1.54, 1.807) is 0 Å². The molecule has 2 heterocycles. The summed E-state index contributed by atoms with van der Waals surface area (Å²) in [6, 6.07) is 6.43. The van der Waals surface area contributed by atoms with Crippen LogP contribution in [0.1, 0.15) is 12.2 Å². The summed E-state index contributed by atoms with van der Waals surface area (Å²) in [5.74, 6) is 1.81. The number of fused-ring (bicyclic) bond motifs is 1. The Bertz CT molecular complexity index is 552. The van der Waals surface area contributed by atoms with Crippen LogP contribution in [0.2, 0.25) is 0 Å². The number of rotatable bonds is 3. The third-order valence-corrected chi connectivity index (χ3v) is 3.86. The van der Waals surface area contributed by atoms with Crippen LogP contribution in [0.25, 0.3) is 11.0 Å². The fourth-order valence-corrected chi connectivity index (χ4v) is 2.58. The smallest absolute Gasteiger partial charge is 0.106 e. The van der Waals surface area contributed by atoms with E-state index in [1.807, 2.05) is 6.92 Å². The van der Waals surface area contributed by atoms with Crippen molar-refractivity contribution in [2.24, 2.45) is 13.0 Å². The molecule has 0 radical (unpaired) electrons. The Labute approximate surface area is 107 Å². The lowest BCUT2D eigenvalue weighted by molar-refractivity contribution is 0.615. The van der Waals surface area contributed by atoms with Crippen molar-refractivity contribution in [2.75, 3.05) is 25.0 Å². The fourth-order valence-electron chi connectivity index (χ4n) is 2.58. The molecular weight excluding hydrogens is 224 g/mol. The van der Waals surface area contributed by atoms with Crippen LogP contribution in [0, 0.1) is 12.8 Å². The second-order valence-electron chi connectivity index (χ2n) is 5.16. The summed E-state index contributed by atoms with van der Waals surface area (Å²) < 4.78 is 2.13. The lowest BCUT2D eigenvalue weighted by Gasteiger charge is -2.11. The summed E-state index contributed by atoms with van der Waals surface area (Å²) in [5, 5.41) is 6.91. The molecule has 2 aromatic rings. The normalized spacial score (nSPS) is 19.6. The van der Waals surface area contributed by atoms with Crippen molar-refractivity contribution in [3.63, 3.8) is 0 Å². The van der Waals surface area contributed by atoms with Gasteiger partial charge in [0.05, 0.1) is 11.0 Å². The van der Waals surface area contributed by atoms with E-state index in [2.05, 4.69) is 45.4 Å². The van der Waals surface area contributed by atoms with Crippen LogP contribution in [-0.2, 0) is 7.05 Å². The van der Waals surface area contributed by atoms with E-state index in [1.165, 1.54) is 17.6 Å². The molecule has 1 aliphatic heterocycles. The second kappa shape index (κ2) is 4.61. The van der Waals surface area contributed by atoms with Gasteiger partial charge in [0, 0.05) is 19.3 Å². The van der Waals surface area contributed by atoms with Gasteiger partial charge in [-0.3, -0.25) is 0 Å². The van der Waals surface area contributed by atoms with Gasteiger partial charge in [0.15, 0.2) is 0 Å². The zero-order chi connectivity index (χ0) is 12.5. The Morgan fingerprint density at radius 2 is 2.39 bits per heavy atom. The quantitative estimate of drug-likeness (QED) is 0.866. The zero-order valence-electron chi connectivity index (χ0n) is 11.0. The Morgan fingerprint density at radius 1 is 1.50 bits per heavy atom. The molecule has 0 spiro atoms. The van der Waals surface area contributed by atoms with E-state index in [9.17, 15) is 0 Å². The van der Waals surface area contributed by atoms with Gasteiger partial charge in [-0.1, -0.05) is 0 Å². The van der Waals surface area contributed by atoms with Crippen LogP contribution in [0.3, 0.4) is 0 Å². The van der Waals surface area contributed by atoms with Crippen molar-refractivity contribution in [2.45, 2.75) is 13.3 Å². The van der Waals surface area contributed by atoms with Crippen molar-refractivity contribution in [1.82, 2.24) is 14.9 Å². The Morgan fingerprint density at radius 3 is 3.17 bits per heavy atom. The highest BCUT2D eigenvalue weighted by Gasteiger charge is 2.13. The SMILES string of the molecule is Cc1nc2cc(NCC3CCNC3)ccc2n1C. The molecule has 1 atom stereocenters. The summed E-state index contributed by atoms with van der Waals surface area (Å²) in [7, 11) is 2.06. The summed E-state index contributed by atoms with van der Waals surface area (Å²) in [4.78, 5) is 4.56. The average Bonchev–Trinajstić information content (AvgIpc) is 2.97. The molecule has 0 amide bonds. The monoisotopic (exact) mass is 244 g/mol. The van der Waals surface area contributed by atoms with E-state index in [0.29, 0.717) is 0 Å². The second-order valence-corrected chi connectivity index (χ2v) is 5.16. The molecule has 18 heavy (non-hydrogen) atoms. The Hall–Kier alpha value is -1.55. The molecule has 1 fully saturated rings. The first-order chi connectivity index (χ1) is 8.74. The highest BCUT2D eigenvalue weighted by atomic mass is 15.1. The van der Waals surface area contributed by atoms with Crippen molar-refractivity contribution >= 4 is 16.7 Å². The van der Waals surface area contributed by atoms with Crippen molar-refractivity contribution in [1.29, 1.82) is 0 Å². The van der Waals surface area contributed by atoms with E-state index >= 15 is 0 Å². The van der Waals surface area contributed by atoms with Crippen LogP contribution >= 0.6 is 0 Å². The molecule has 1 unspecified atom stereocenters. The molecule has 4 heteroatoms. The van der Waals surface area contributed by atoms with Crippen LogP contribution in [-0.4, -0.2) is 29.2 Å². The minimum atomic E-state index is 0.756. The van der Waals surface area contributed by atoms with Crippen LogP contribution in [0.15, 0.2) is 18.2 Å². The lowest BCUT2D eigenvalue weighted by Crippen LogP contribution is -2.17. The van der Waals surface area contributed by atoms with Gasteiger partial charge in [-0.15, -0.1) is 0 Å². The number of nitrogens with one attached hydrogen (secondary N) is 2. The first-order valence-corrected chi connectivity index (χ1v) is 6.62. The highest BCUT2D eigenvalue weighted by Crippen LogP contribution is 2.20. The predicted molar refractivity (Wildman–Crippen MR) is 74.9 cm³/mol. The minimum Gasteiger partial charge on any atom is -0.385 e. The van der Waals surface area contributed by atoms with Gasteiger partial charge in [0.1, 0.15) is 5.82 Å². The molecule has 1 saturated heterocycles. The van der Waals surface area contributed by atoms with E-state index in [-0.39, 0.29) is 0 Å². The molecule has 0 bridgehead atoms. The molecule has 0 saturated carbocycles. The number of nitrogens with zero attached hydrogens (tertiary/aromatic N) is 2. The molecule has 1 aromatic heterocycles. The number of anilines is 1. The average molecular weight is 244 g/mol. The van der Waals surface area contributed by atoms with E-state index < -0.39 is 0 Å². The van der Waals surface area contributed by atoms with Gasteiger partial charge in [-0.2, -0.15) is 0 Å². The number of hydrogen-bond donors (Lipinski definition) is 2. The van der Waals surface area contributed by atoms with Gasteiger partial charge < -0.3 is 15.2 Å². The molecule has 2 N–H and O–H groups in total. The van der Waals surface area contributed by atoms with Gasteiger partial charge in [0.2, 0.25) is 0 Å². The molecule has 0 aliphatic carbocycles. The topological polar surface area (TPSA) is 41.9 Å². The lowest BCUT2D eigenvalue weighted by atomic mass is 10.1. The number of imidazole rings is 1. The first kappa shape index (κ1) is 11.5. The van der Waals surface area contributed by atoms with Crippen molar-refractivity contribution in [3.8, 4) is 0 Å². The van der Waals surface area contributed by atoms with Crippen LogP contribution in [0.5, 0.6) is 0 Å². The van der Waals surface area contributed by atoms with Crippen LogP contribution in [0.4, 0.5) is 5.69 Å². The largest absolute Gasteiger partial charge is 0.385 e. The van der Waals surface area contributed by atoms with Gasteiger partial charge in [0.25, 0.3) is 0 Å². The Balaban J connectivity index is 1.76. The number of aromatic nitrogens is 2. The summed E-state index contributed by atoms with van der Waals surface area (Å²) in [5.41, 5.74) is 3.44. The number of hydrogen-bond acceptors (Lipinski definition) is 3. The number of benzene rings is 1. The molecule has 1 aliphatic rings. The van der Waals surface area contributed by atoms with Crippen molar-refractivity contribution in [3.05, 3.63) is 24.0 Å². The molecule has 96 valence electrons. The third-order valence-electron chi connectivity index (χ3n) is 3.86. The Kier molecular flexibility index (Phi) is 2.96. The fraction of sp³-hybridized carbons (Fsp3) is 0.500. The molecule has 3 rings (SSSR count). The third kappa shape index (κ3) is 2.08. The van der Waals surface area contributed by atoms with Gasteiger partial charge in [-0.05, 0) is 50.6 Å². The molecule has 4 nitrogen and oxygen atoms in total. The summed E-state index contributed by atoms with van der Waals surface area (Å²) in [6.07, 6.45) is 1.28. The summed E-state index contributed by atoms with van der Waals surface area (Å²) in [6.45, 7) is 5.38. The van der Waals surface area contributed by atoms with Crippen LogP contribution < -0.4 is 10.6 Å². The highest BCUT2D eigenvalue weighted by molar-refractivity contribution is 5.80. The summed E-state index contributed by atoms with van der Waals surface area (Å²) >= 11 is 0. The zero-order valence-corrected chi connectivity index (χ0v) is 11.0. The van der Waals surface area contributed by atoms with E-state index in [4.69, 9.17) is 0 Å². The molecule has 1 aromatic carbocycles. The first-order valence-electron chi connectivity index (χ1n) is 6.62. The van der Waals surface area contributed by atoms with Crippen molar-refractivity contribution < 1.29 is 0 Å². The maximum atomic E-state index is 4.56. The standard InChI is InChI=1S/C14H20N4/c1-10-17-13-7-12(3-4-14(13)18(10)2)16-9-11-5-6-15-8-11/h3-4,7,11,15-16H,5-6,8-9H2,1-2H3. The van der Waals surface area contributed by atoms with Gasteiger partial charge >= 0.3 is 0 Å². The minimum absolute atomic E-state index is 0.756. The predicted octanol–water partition coefficient (Wildman–Crippen LogP) is 1.90. The maximum absolute atomic E-state index is 4.56. The molecular formula is C14H20N4. The van der Waals surface area contributed by atoms with Gasteiger partial charge in [-0.25, -0.2) is 4.98 Å². The van der Waals surface area contributed by atoms with E-state index in [0.717, 1.165) is 36.9 Å². The number of aryl methyl sites for hydroxylation is 2. The maximum Gasteiger partial charge on any atom is 0.106 e.